The van der Waals surface area contributed by atoms with Gasteiger partial charge in [-0.05, 0) is 29.5 Å². The van der Waals surface area contributed by atoms with E-state index in [0.29, 0.717) is 25.9 Å². The largest absolute Gasteiger partial charge is 0.391 e. The molecule has 1 unspecified atom stereocenters. The molecular weight excluding hydrogens is 344 g/mol. The van der Waals surface area contributed by atoms with Gasteiger partial charge in [-0.25, -0.2) is 0 Å². The molecule has 0 saturated carbocycles. The summed E-state index contributed by atoms with van der Waals surface area (Å²) in [6, 6.07) is 7.49. The number of amides is 2. The van der Waals surface area contributed by atoms with Gasteiger partial charge in [-0.1, -0.05) is 38.8 Å². The number of likely N-dealkylation sites (tertiary alicyclic amines) is 1. The topological polar surface area (TPSA) is 122 Å². The fourth-order valence-electron chi connectivity index (χ4n) is 2.41. The van der Waals surface area contributed by atoms with Crippen LogP contribution >= 0.6 is 0 Å². The predicted octanol–water partition coefficient (Wildman–Crippen LogP) is 0.749. The third-order valence-corrected chi connectivity index (χ3v) is 3.71. The second kappa shape index (κ2) is 12.9. The lowest BCUT2D eigenvalue weighted by Gasteiger charge is -2.22. The summed E-state index contributed by atoms with van der Waals surface area (Å²) >= 11 is 0. The number of benzene rings is 1. The second-order valence-electron chi connectivity index (χ2n) is 7.36. The van der Waals surface area contributed by atoms with Crippen molar-refractivity contribution in [2.75, 3.05) is 13.1 Å². The first-order chi connectivity index (χ1) is 12.7. The van der Waals surface area contributed by atoms with Gasteiger partial charge in [0.1, 0.15) is 0 Å². The molecule has 1 aromatic carbocycles. The number of hydrazine groups is 1. The smallest absolute Gasteiger partial charge is 0.223 e. The first-order valence-electron chi connectivity index (χ1n) is 8.77. The molecule has 1 fully saturated rings. The number of hydrogen-bond donors (Lipinski definition) is 4. The van der Waals surface area contributed by atoms with Crippen molar-refractivity contribution in [3.63, 3.8) is 0 Å². The van der Waals surface area contributed by atoms with E-state index >= 15 is 0 Å². The van der Waals surface area contributed by atoms with Crippen molar-refractivity contribution in [1.82, 2.24) is 10.2 Å². The summed E-state index contributed by atoms with van der Waals surface area (Å²) in [5, 5.41) is 11.8. The quantitative estimate of drug-likeness (QED) is 0.267. The van der Waals surface area contributed by atoms with Gasteiger partial charge in [0, 0.05) is 31.6 Å². The number of terminal acetylenes is 1. The van der Waals surface area contributed by atoms with Gasteiger partial charge in [0.15, 0.2) is 0 Å². The number of nitrogens with two attached hydrogens (primary N) is 2. The highest BCUT2D eigenvalue weighted by Gasteiger charge is 2.27. The molecule has 0 aliphatic carbocycles. The summed E-state index contributed by atoms with van der Waals surface area (Å²) in [4.78, 5) is 23.3. The summed E-state index contributed by atoms with van der Waals surface area (Å²) in [7, 11) is 0. The number of hydrogen-bond acceptors (Lipinski definition) is 5. The zero-order chi connectivity index (χ0) is 20.9. The van der Waals surface area contributed by atoms with Crippen LogP contribution in [0.5, 0.6) is 0 Å². The van der Waals surface area contributed by atoms with Crippen LogP contribution in [0.1, 0.15) is 44.7 Å². The maximum Gasteiger partial charge on any atom is 0.223 e. The number of β-amino-alcohol motifs (C(OH)–C–C–N with tert-alkyl or cyclic N) is 1. The molecule has 0 spiro atoms. The maximum absolute atomic E-state index is 11.6. The Morgan fingerprint density at radius 1 is 1.37 bits per heavy atom. The van der Waals surface area contributed by atoms with Crippen LogP contribution in [0.2, 0.25) is 0 Å². The van der Waals surface area contributed by atoms with Crippen LogP contribution in [0.25, 0.3) is 0 Å². The molecule has 1 saturated heterocycles. The van der Waals surface area contributed by atoms with Gasteiger partial charge in [0.2, 0.25) is 12.3 Å². The van der Waals surface area contributed by atoms with Crippen LogP contribution in [0, 0.1) is 17.8 Å². The highest BCUT2D eigenvalue weighted by Crippen LogP contribution is 2.21. The molecule has 2 amide bonds. The number of carbonyl (C=O) groups is 2. The lowest BCUT2D eigenvalue weighted by atomic mass is 9.92. The zero-order valence-electron chi connectivity index (χ0n) is 16.4. The van der Waals surface area contributed by atoms with Gasteiger partial charge in [-0.3, -0.25) is 21.3 Å². The van der Waals surface area contributed by atoms with Crippen LogP contribution in [0.15, 0.2) is 24.3 Å². The van der Waals surface area contributed by atoms with Crippen LogP contribution in [0.4, 0.5) is 0 Å². The van der Waals surface area contributed by atoms with Gasteiger partial charge in [-0.15, -0.1) is 6.42 Å². The van der Waals surface area contributed by atoms with E-state index in [4.69, 9.17) is 6.42 Å². The zero-order valence-corrected chi connectivity index (χ0v) is 16.4. The van der Waals surface area contributed by atoms with E-state index in [1.54, 1.807) is 4.90 Å². The van der Waals surface area contributed by atoms with E-state index in [9.17, 15) is 14.7 Å². The molecule has 2 rings (SSSR count). The number of carbonyl (C=O) groups excluding carboxylic acids is 2. The maximum atomic E-state index is 11.6. The van der Waals surface area contributed by atoms with Gasteiger partial charge >= 0.3 is 0 Å². The number of rotatable bonds is 4. The molecule has 7 nitrogen and oxygen atoms in total. The van der Waals surface area contributed by atoms with Crippen LogP contribution in [0.3, 0.4) is 0 Å². The molecular formula is C20H32N4O3. The van der Waals surface area contributed by atoms with Crippen LogP contribution in [-0.2, 0) is 16.1 Å². The summed E-state index contributed by atoms with van der Waals surface area (Å²) < 4.78 is 0. The van der Waals surface area contributed by atoms with Crippen molar-refractivity contribution >= 4 is 12.3 Å². The molecule has 0 bridgehead atoms. The van der Waals surface area contributed by atoms with Gasteiger partial charge in [0.25, 0.3) is 0 Å². The molecule has 1 aromatic rings. The third-order valence-electron chi connectivity index (χ3n) is 3.71. The van der Waals surface area contributed by atoms with Crippen molar-refractivity contribution in [1.29, 1.82) is 0 Å². The van der Waals surface area contributed by atoms with Gasteiger partial charge in [-0.2, -0.15) is 0 Å². The van der Waals surface area contributed by atoms with E-state index in [0.717, 1.165) is 24.1 Å². The fourth-order valence-corrected chi connectivity index (χ4v) is 2.41. The average Bonchev–Trinajstić information content (AvgIpc) is 3.08. The van der Waals surface area contributed by atoms with Crippen LogP contribution < -0.4 is 17.0 Å². The minimum atomic E-state index is -0.302. The molecule has 1 atom stereocenters. The Hall–Kier alpha value is -2.40. The Balaban J connectivity index is 0.000000460. The third kappa shape index (κ3) is 11.0. The van der Waals surface area contributed by atoms with Gasteiger partial charge in [0.05, 0.1) is 6.10 Å². The van der Waals surface area contributed by atoms with Crippen molar-refractivity contribution in [3.8, 4) is 12.3 Å². The number of aliphatic hydroxyl groups is 1. The molecule has 0 radical (unpaired) electrons. The summed E-state index contributed by atoms with van der Waals surface area (Å²) in [6.07, 6.45) is 6.85. The lowest BCUT2D eigenvalue weighted by molar-refractivity contribution is -0.132. The van der Waals surface area contributed by atoms with Crippen molar-refractivity contribution in [2.24, 2.45) is 17.1 Å². The van der Waals surface area contributed by atoms with E-state index in [1.807, 2.05) is 24.3 Å². The molecule has 7 heteroatoms. The Kier molecular flexibility index (Phi) is 11.7. The highest BCUT2D eigenvalue weighted by atomic mass is 16.3. The van der Waals surface area contributed by atoms with E-state index < -0.39 is 0 Å². The van der Waals surface area contributed by atoms with E-state index in [2.05, 4.69) is 43.7 Å². The molecule has 27 heavy (non-hydrogen) atoms. The highest BCUT2D eigenvalue weighted by molar-refractivity contribution is 5.77. The SMILES string of the molecule is C#Cc1ccc(CNC=O)cc1.CC(C)(C)CC(=O)N1CCC(O)C1.NN. The summed E-state index contributed by atoms with van der Waals surface area (Å²) in [6.45, 7) is 7.95. The lowest BCUT2D eigenvalue weighted by Crippen LogP contribution is -2.32. The van der Waals surface area contributed by atoms with Crippen molar-refractivity contribution in [3.05, 3.63) is 35.4 Å². The number of aliphatic hydroxyl groups excluding tert-OH is 1. The minimum absolute atomic E-state index is 0.0463. The Morgan fingerprint density at radius 2 is 1.96 bits per heavy atom. The second-order valence-corrected chi connectivity index (χ2v) is 7.36. The standard InChI is InChI=1S/C10H19NO2.C10H9NO.H4N2/c1-10(2,3)6-9(13)11-5-4-8(12)7-11;1-2-9-3-5-10(6-4-9)7-11-8-12;1-2/h8,12H,4-7H2,1-3H3;1,3-6,8H,7H2,(H,11,12);1-2H2. The number of nitrogens with zero attached hydrogens (tertiary/aromatic N) is 1. The predicted molar refractivity (Wildman–Crippen MR) is 107 cm³/mol. The fraction of sp³-hybridized carbons (Fsp3) is 0.500. The first kappa shape index (κ1) is 24.6. The monoisotopic (exact) mass is 376 g/mol. The Bertz CT molecular complexity index is 603. The summed E-state index contributed by atoms with van der Waals surface area (Å²) in [5.74, 6) is 10.7. The molecule has 1 aliphatic heterocycles. The first-order valence-corrected chi connectivity index (χ1v) is 8.77. The molecule has 1 heterocycles. The normalized spacial score (nSPS) is 15.4. The molecule has 150 valence electrons. The van der Waals surface area contributed by atoms with E-state index in [1.165, 1.54) is 0 Å². The Morgan fingerprint density at radius 3 is 2.37 bits per heavy atom. The van der Waals surface area contributed by atoms with E-state index in [-0.39, 0.29) is 17.4 Å². The Labute approximate surface area is 162 Å². The van der Waals surface area contributed by atoms with Gasteiger partial charge < -0.3 is 15.3 Å². The molecule has 0 aromatic heterocycles. The number of nitrogens with one attached hydrogen (secondary N) is 1. The van der Waals surface area contributed by atoms with Crippen molar-refractivity contribution in [2.45, 2.75) is 46.3 Å². The molecule has 6 N–H and O–H groups in total. The average molecular weight is 377 g/mol. The molecule has 1 aliphatic rings. The van der Waals surface area contributed by atoms with Crippen molar-refractivity contribution < 1.29 is 14.7 Å². The summed E-state index contributed by atoms with van der Waals surface area (Å²) in [5.41, 5.74) is 1.94. The minimum Gasteiger partial charge on any atom is -0.391 e. The van der Waals surface area contributed by atoms with Crippen LogP contribution in [-0.4, -0.2) is 41.5 Å².